The molecule has 148 valence electrons. The van der Waals surface area contributed by atoms with Crippen LogP contribution in [0.1, 0.15) is 39.5 Å². The summed E-state index contributed by atoms with van der Waals surface area (Å²) >= 11 is 0. The molecule has 2 aliphatic heterocycles. The average Bonchev–Trinajstić information content (AvgIpc) is 2.69. The van der Waals surface area contributed by atoms with Crippen LogP contribution in [-0.4, -0.2) is 49.1 Å². The van der Waals surface area contributed by atoms with Gasteiger partial charge in [-0.2, -0.15) is 0 Å². The summed E-state index contributed by atoms with van der Waals surface area (Å²) in [5, 5.41) is 2.99. The van der Waals surface area contributed by atoms with Gasteiger partial charge in [-0.1, -0.05) is 0 Å². The number of likely N-dealkylation sites (tertiary alicyclic amines) is 1. The number of hydrogen-bond donors (Lipinski definition) is 1. The van der Waals surface area contributed by atoms with Gasteiger partial charge in [-0.15, -0.1) is 0 Å². The van der Waals surface area contributed by atoms with E-state index in [9.17, 15) is 9.59 Å². The molecule has 0 atom stereocenters. The highest BCUT2D eigenvalue weighted by molar-refractivity contribution is 5.92. The molecule has 0 saturated carbocycles. The van der Waals surface area contributed by atoms with Crippen LogP contribution in [0, 0.1) is 11.8 Å². The summed E-state index contributed by atoms with van der Waals surface area (Å²) in [5.74, 6) is 1.11. The summed E-state index contributed by atoms with van der Waals surface area (Å²) in [6, 6.07) is 7.45. The lowest BCUT2D eigenvalue weighted by Gasteiger charge is -2.34. The van der Waals surface area contributed by atoms with E-state index in [1.807, 2.05) is 43.0 Å². The molecular weight excluding hydrogens is 344 g/mol. The zero-order chi connectivity index (χ0) is 19.2. The Balaban J connectivity index is 1.46. The van der Waals surface area contributed by atoms with E-state index < -0.39 is 0 Å². The van der Waals surface area contributed by atoms with Crippen molar-refractivity contribution in [1.29, 1.82) is 0 Å². The molecule has 0 aliphatic carbocycles. The lowest BCUT2D eigenvalue weighted by molar-refractivity contribution is -0.141. The molecular formula is C21H30N2O4. The van der Waals surface area contributed by atoms with Crippen molar-refractivity contribution < 1.29 is 19.1 Å². The first-order valence-electron chi connectivity index (χ1n) is 9.97. The Morgan fingerprint density at radius 2 is 1.67 bits per heavy atom. The molecule has 0 spiro atoms. The third kappa shape index (κ3) is 5.45. The molecule has 0 unspecified atom stereocenters. The number of amides is 2. The van der Waals surface area contributed by atoms with Gasteiger partial charge in [-0.3, -0.25) is 9.59 Å². The van der Waals surface area contributed by atoms with Crippen molar-refractivity contribution >= 4 is 17.5 Å². The van der Waals surface area contributed by atoms with E-state index >= 15 is 0 Å². The summed E-state index contributed by atoms with van der Waals surface area (Å²) in [4.78, 5) is 27.1. The maximum absolute atomic E-state index is 12.6. The highest BCUT2D eigenvalue weighted by Gasteiger charge is 2.31. The molecule has 27 heavy (non-hydrogen) atoms. The summed E-state index contributed by atoms with van der Waals surface area (Å²) in [6.07, 6.45) is 3.19. The Morgan fingerprint density at radius 1 is 1.04 bits per heavy atom. The van der Waals surface area contributed by atoms with Crippen molar-refractivity contribution in [3.05, 3.63) is 24.3 Å². The van der Waals surface area contributed by atoms with Crippen molar-refractivity contribution in [1.82, 2.24) is 4.90 Å². The normalized spacial score (nSPS) is 19.1. The van der Waals surface area contributed by atoms with E-state index in [1.165, 1.54) is 0 Å². The number of piperidine rings is 1. The molecule has 2 saturated heterocycles. The van der Waals surface area contributed by atoms with Crippen LogP contribution < -0.4 is 10.1 Å². The molecule has 2 fully saturated rings. The van der Waals surface area contributed by atoms with Gasteiger partial charge < -0.3 is 19.7 Å². The van der Waals surface area contributed by atoms with Gasteiger partial charge in [0.15, 0.2) is 0 Å². The first-order chi connectivity index (χ1) is 13.0. The topological polar surface area (TPSA) is 67.9 Å². The Hall–Kier alpha value is -2.08. The van der Waals surface area contributed by atoms with E-state index in [2.05, 4.69) is 5.32 Å². The van der Waals surface area contributed by atoms with Crippen LogP contribution in [0.5, 0.6) is 5.75 Å². The Bertz CT molecular complexity index is 630. The lowest BCUT2D eigenvalue weighted by Crippen LogP contribution is -2.45. The third-order valence-electron chi connectivity index (χ3n) is 5.24. The number of anilines is 1. The first kappa shape index (κ1) is 19.7. The highest BCUT2D eigenvalue weighted by Crippen LogP contribution is 2.24. The number of carbonyl (C=O) groups is 2. The predicted molar refractivity (Wildman–Crippen MR) is 104 cm³/mol. The summed E-state index contributed by atoms with van der Waals surface area (Å²) in [5.41, 5.74) is 0.775. The smallest absolute Gasteiger partial charge is 0.227 e. The van der Waals surface area contributed by atoms with Gasteiger partial charge in [0.2, 0.25) is 11.8 Å². The number of carbonyl (C=O) groups excluding carboxylic acids is 2. The van der Waals surface area contributed by atoms with Gasteiger partial charge in [-0.25, -0.2) is 0 Å². The van der Waals surface area contributed by atoms with Crippen LogP contribution >= 0.6 is 0 Å². The van der Waals surface area contributed by atoms with Gasteiger partial charge in [0.05, 0.1) is 6.10 Å². The zero-order valence-electron chi connectivity index (χ0n) is 16.3. The van der Waals surface area contributed by atoms with E-state index in [0.29, 0.717) is 26.3 Å². The predicted octanol–water partition coefficient (Wildman–Crippen LogP) is 3.08. The van der Waals surface area contributed by atoms with Gasteiger partial charge in [0.1, 0.15) is 5.75 Å². The van der Waals surface area contributed by atoms with Crippen LogP contribution in [0.15, 0.2) is 24.3 Å². The quantitative estimate of drug-likeness (QED) is 0.860. The number of rotatable bonds is 5. The molecule has 6 heteroatoms. The first-order valence-corrected chi connectivity index (χ1v) is 9.97. The molecule has 1 aromatic rings. The van der Waals surface area contributed by atoms with E-state index in [-0.39, 0.29) is 29.8 Å². The van der Waals surface area contributed by atoms with Gasteiger partial charge in [0.25, 0.3) is 0 Å². The third-order valence-corrected chi connectivity index (χ3v) is 5.24. The second kappa shape index (κ2) is 9.22. The maximum atomic E-state index is 12.6. The fourth-order valence-electron chi connectivity index (χ4n) is 3.70. The van der Waals surface area contributed by atoms with Crippen molar-refractivity contribution in [2.24, 2.45) is 11.8 Å². The number of nitrogens with zero attached hydrogens (tertiary/aromatic N) is 1. The maximum Gasteiger partial charge on any atom is 0.227 e. The summed E-state index contributed by atoms with van der Waals surface area (Å²) in [6.45, 7) is 6.64. The second-order valence-electron chi connectivity index (χ2n) is 7.67. The minimum atomic E-state index is -0.0460. The zero-order valence-corrected chi connectivity index (χ0v) is 16.3. The van der Waals surface area contributed by atoms with E-state index in [0.717, 1.165) is 37.1 Å². The Morgan fingerprint density at radius 3 is 2.26 bits per heavy atom. The summed E-state index contributed by atoms with van der Waals surface area (Å²) in [7, 11) is 0. The lowest BCUT2D eigenvalue weighted by atomic mass is 9.93. The van der Waals surface area contributed by atoms with Gasteiger partial charge in [0, 0.05) is 43.8 Å². The molecule has 2 amide bonds. The van der Waals surface area contributed by atoms with Crippen molar-refractivity contribution in [3.8, 4) is 5.75 Å². The molecule has 0 aromatic heterocycles. The number of ether oxygens (including phenoxy) is 2. The second-order valence-corrected chi connectivity index (χ2v) is 7.67. The van der Waals surface area contributed by atoms with E-state index in [4.69, 9.17) is 9.47 Å². The molecule has 3 rings (SSSR count). The van der Waals surface area contributed by atoms with Crippen LogP contribution in [0.3, 0.4) is 0 Å². The number of nitrogens with one attached hydrogen (secondary N) is 1. The highest BCUT2D eigenvalue weighted by atomic mass is 16.5. The number of hydrogen-bond acceptors (Lipinski definition) is 4. The minimum absolute atomic E-state index is 0.0330. The van der Waals surface area contributed by atoms with Crippen molar-refractivity contribution in [3.63, 3.8) is 0 Å². The van der Waals surface area contributed by atoms with Crippen LogP contribution in [0.2, 0.25) is 0 Å². The summed E-state index contributed by atoms with van der Waals surface area (Å²) < 4.78 is 11.0. The van der Waals surface area contributed by atoms with Crippen molar-refractivity contribution in [2.75, 3.05) is 31.6 Å². The molecule has 1 aromatic carbocycles. The van der Waals surface area contributed by atoms with E-state index in [1.54, 1.807) is 0 Å². The average molecular weight is 374 g/mol. The fraction of sp³-hybridized carbons (Fsp3) is 0.619. The largest absolute Gasteiger partial charge is 0.491 e. The Labute approximate surface area is 161 Å². The minimum Gasteiger partial charge on any atom is -0.491 e. The standard InChI is InChI=1S/C21H30N2O4/c1-15(2)27-19-5-3-18(4-6-19)22-20(24)16-7-11-23(12-8-16)21(25)17-9-13-26-14-10-17/h3-6,15-17H,7-14H2,1-2H3,(H,22,24). The van der Waals surface area contributed by atoms with Crippen LogP contribution in [0.4, 0.5) is 5.69 Å². The molecule has 0 radical (unpaired) electrons. The SMILES string of the molecule is CC(C)Oc1ccc(NC(=O)C2CCN(C(=O)C3CCOCC3)CC2)cc1. The van der Waals surface area contributed by atoms with Gasteiger partial charge >= 0.3 is 0 Å². The molecule has 2 aliphatic rings. The molecule has 1 N–H and O–H groups in total. The fourth-order valence-corrected chi connectivity index (χ4v) is 3.70. The van der Waals surface area contributed by atoms with Gasteiger partial charge in [-0.05, 0) is 63.8 Å². The van der Waals surface area contributed by atoms with Crippen molar-refractivity contribution in [2.45, 2.75) is 45.6 Å². The molecule has 6 nitrogen and oxygen atoms in total. The van der Waals surface area contributed by atoms with Crippen LogP contribution in [0.25, 0.3) is 0 Å². The number of benzene rings is 1. The molecule has 2 heterocycles. The molecule has 0 bridgehead atoms. The van der Waals surface area contributed by atoms with Crippen LogP contribution in [-0.2, 0) is 14.3 Å². The Kier molecular flexibility index (Phi) is 6.72. The monoisotopic (exact) mass is 374 g/mol.